The molecule has 0 aliphatic carbocycles. The fourth-order valence-corrected chi connectivity index (χ4v) is 1.96. The van der Waals surface area contributed by atoms with Crippen LogP contribution in [0.15, 0.2) is 12.3 Å². The van der Waals surface area contributed by atoms with E-state index in [0.29, 0.717) is 5.46 Å². The SMILES string of the molecule is CC(=O)c1c(B2OC(C)(C)C(C)(C)O2)ccnc1F. The molecule has 1 aromatic rings. The maximum atomic E-state index is 13.7. The van der Waals surface area contributed by atoms with Crippen molar-refractivity contribution < 1.29 is 18.5 Å². The molecule has 6 heteroatoms. The van der Waals surface area contributed by atoms with E-state index < -0.39 is 30.1 Å². The van der Waals surface area contributed by atoms with Crippen LogP contribution in [-0.2, 0) is 9.31 Å². The number of hydrogen-bond acceptors (Lipinski definition) is 4. The zero-order valence-corrected chi connectivity index (χ0v) is 11.8. The minimum Gasteiger partial charge on any atom is -0.399 e. The molecule has 2 rings (SSSR count). The molecule has 1 aliphatic heterocycles. The lowest BCUT2D eigenvalue weighted by Gasteiger charge is -2.32. The van der Waals surface area contributed by atoms with Crippen LogP contribution in [0.25, 0.3) is 0 Å². The van der Waals surface area contributed by atoms with Gasteiger partial charge >= 0.3 is 7.12 Å². The van der Waals surface area contributed by atoms with E-state index in [9.17, 15) is 9.18 Å². The number of carbonyl (C=O) groups excluding carboxylic acids is 1. The Morgan fingerprint density at radius 2 is 1.79 bits per heavy atom. The molecule has 0 unspecified atom stereocenters. The van der Waals surface area contributed by atoms with Crippen LogP contribution < -0.4 is 5.46 Å². The second-order valence-electron chi connectivity index (χ2n) is 5.71. The number of Topliss-reactive ketones (excluding diaryl/α,β-unsaturated/α-hetero) is 1. The van der Waals surface area contributed by atoms with Gasteiger partial charge in [0.15, 0.2) is 5.78 Å². The van der Waals surface area contributed by atoms with Gasteiger partial charge in [0.25, 0.3) is 0 Å². The summed E-state index contributed by atoms with van der Waals surface area (Å²) in [5.41, 5.74) is -0.753. The summed E-state index contributed by atoms with van der Waals surface area (Å²) in [4.78, 5) is 15.1. The quantitative estimate of drug-likeness (QED) is 0.464. The summed E-state index contributed by atoms with van der Waals surface area (Å²) >= 11 is 0. The van der Waals surface area contributed by atoms with Gasteiger partial charge in [0.05, 0.1) is 16.8 Å². The molecule has 0 aromatic carbocycles. The number of carbonyl (C=O) groups is 1. The first-order valence-corrected chi connectivity index (χ1v) is 6.17. The molecule has 0 amide bonds. The number of rotatable bonds is 2. The van der Waals surface area contributed by atoms with Gasteiger partial charge in [-0.1, -0.05) is 0 Å². The lowest BCUT2D eigenvalue weighted by molar-refractivity contribution is 0.00578. The molecule has 0 spiro atoms. The predicted molar refractivity (Wildman–Crippen MR) is 69.9 cm³/mol. The molecule has 4 nitrogen and oxygen atoms in total. The monoisotopic (exact) mass is 265 g/mol. The van der Waals surface area contributed by atoms with Gasteiger partial charge in [-0.05, 0) is 46.1 Å². The van der Waals surface area contributed by atoms with Gasteiger partial charge in [-0.3, -0.25) is 4.79 Å². The first-order chi connectivity index (χ1) is 8.66. The summed E-state index contributed by atoms with van der Waals surface area (Å²) < 4.78 is 25.4. The van der Waals surface area contributed by atoms with Gasteiger partial charge in [-0.25, -0.2) is 4.98 Å². The van der Waals surface area contributed by atoms with E-state index in [-0.39, 0.29) is 5.56 Å². The van der Waals surface area contributed by atoms with Gasteiger partial charge in [0, 0.05) is 6.20 Å². The summed E-state index contributed by atoms with van der Waals surface area (Å²) in [7, 11) is -0.763. The molecular weight excluding hydrogens is 248 g/mol. The maximum absolute atomic E-state index is 13.7. The third-order valence-corrected chi connectivity index (χ3v) is 3.80. The van der Waals surface area contributed by atoms with Gasteiger partial charge < -0.3 is 9.31 Å². The summed E-state index contributed by atoms with van der Waals surface area (Å²) in [5, 5.41) is 0. The van der Waals surface area contributed by atoms with Crippen molar-refractivity contribution in [3.8, 4) is 0 Å². The number of hydrogen-bond donors (Lipinski definition) is 0. The van der Waals surface area contributed by atoms with Crippen molar-refractivity contribution in [3.63, 3.8) is 0 Å². The van der Waals surface area contributed by atoms with Crippen molar-refractivity contribution >= 4 is 18.4 Å². The number of ketones is 1. The number of aromatic nitrogens is 1. The average Bonchev–Trinajstić information content (AvgIpc) is 2.47. The van der Waals surface area contributed by atoms with E-state index in [4.69, 9.17) is 9.31 Å². The van der Waals surface area contributed by atoms with Crippen molar-refractivity contribution in [2.45, 2.75) is 45.8 Å². The largest absolute Gasteiger partial charge is 0.495 e. The molecule has 1 aliphatic rings. The molecule has 1 aromatic heterocycles. The fraction of sp³-hybridized carbons (Fsp3) is 0.538. The van der Waals surface area contributed by atoms with Gasteiger partial charge in [0.2, 0.25) is 5.95 Å². The Labute approximate surface area is 112 Å². The minimum absolute atomic E-state index is 0.0685. The fourth-order valence-electron chi connectivity index (χ4n) is 1.96. The van der Waals surface area contributed by atoms with E-state index in [0.717, 1.165) is 0 Å². The Balaban J connectivity index is 2.46. The normalized spacial score (nSPS) is 20.6. The van der Waals surface area contributed by atoms with Gasteiger partial charge in [0.1, 0.15) is 0 Å². The van der Waals surface area contributed by atoms with Crippen molar-refractivity contribution in [2.75, 3.05) is 0 Å². The molecule has 2 heterocycles. The van der Waals surface area contributed by atoms with Crippen LogP contribution in [0.4, 0.5) is 4.39 Å². The molecule has 0 saturated carbocycles. The highest BCUT2D eigenvalue weighted by Gasteiger charge is 2.52. The third kappa shape index (κ3) is 2.30. The Morgan fingerprint density at radius 3 is 2.26 bits per heavy atom. The van der Waals surface area contributed by atoms with Gasteiger partial charge in [-0.15, -0.1) is 0 Å². The Hall–Kier alpha value is -1.27. The lowest BCUT2D eigenvalue weighted by atomic mass is 9.76. The van der Waals surface area contributed by atoms with Crippen molar-refractivity contribution in [1.82, 2.24) is 4.98 Å². The second kappa shape index (κ2) is 4.39. The van der Waals surface area contributed by atoms with E-state index >= 15 is 0 Å². The molecule has 0 atom stereocenters. The van der Waals surface area contributed by atoms with Crippen LogP contribution >= 0.6 is 0 Å². The molecule has 19 heavy (non-hydrogen) atoms. The topological polar surface area (TPSA) is 48.4 Å². The highest BCUT2D eigenvalue weighted by atomic mass is 19.1. The predicted octanol–water partition coefficient (Wildman–Crippen LogP) is 1.72. The minimum atomic E-state index is -0.792. The summed E-state index contributed by atoms with van der Waals surface area (Å²) in [6.07, 6.45) is 1.31. The zero-order valence-electron chi connectivity index (χ0n) is 11.8. The molecule has 0 radical (unpaired) electrons. The number of pyridine rings is 1. The average molecular weight is 265 g/mol. The van der Waals surface area contributed by atoms with E-state index in [1.54, 1.807) is 6.07 Å². The smallest absolute Gasteiger partial charge is 0.399 e. The standard InChI is InChI=1S/C13H17BFNO3/c1-8(17)10-9(6-7-16-11(10)15)14-18-12(2,3)13(4,5)19-14/h6-7H,1-5H3. The highest BCUT2D eigenvalue weighted by molar-refractivity contribution is 6.63. The Morgan fingerprint density at radius 1 is 1.26 bits per heavy atom. The van der Waals surface area contributed by atoms with E-state index in [2.05, 4.69) is 4.98 Å². The Kier molecular flexibility index (Phi) is 3.27. The molecule has 0 bridgehead atoms. The van der Waals surface area contributed by atoms with E-state index in [1.165, 1.54) is 13.1 Å². The molecule has 102 valence electrons. The molecular formula is C13H17BFNO3. The van der Waals surface area contributed by atoms with Crippen LogP contribution in [0.2, 0.25) is 0 Å². The van der Waals surface area contributed by atoms with Crippen LogP contribution in [0.1, 0.15) is 45.0 Å². The van der Waals surface area contributed by atoms with Crippen LogP contribution in [0.3, 0.4) is 0 Å². The van der Waals surface area contributed by atoms with Crippen LogP contribution in [-0.4, -0.2) is 29.1 Å². The lowest BCUT2D eigenvalue weighted by Crippen LogP contribution is -2.41. The second-order valence-corrected chi connectivity index (χ2v) is 5.71. The zero-order chi connectivity index (χ0) is 14.4. The van der Waals surface area contributed by atoms with Gasteiger partial charge in [-0.2, -0.15) is 4.39 Å². The maximum Gasteiger partial charge on any atom is 0.495 e. The third-order valence-electron chi connectivity index (χ3n) is 3.80. The summed E-state index contributed by atoms with van der Waals surface area (Å²) in [6.45, 7) is 8.90. The molecule has 1 fully saturated rings. The van der Waals surface area contributed by atoms with Crippen LogP contribution in [0, 0.1) is 5.95 Å². The first kappa shape index (κ1) is 14.2. The molecule has 1 saturated heterocycles. The summed E-state index contributed by atoms with van der Waals surface area (Å²) in [6, 6.07) is 1.56. The van der Waals surface area contributed by atoms with Crippen molar-refractivity contribution in [3.05, 3.63) is 23.8 Å². The first-order valence-electron chi connectivity index (χ1n) is 6.17. The van der Waals surface area contributed by atoms with E-state index in [1.807, 2.05) is 27.7 Å². The Bertz CT molecular complexity index is 515. The van der Waals surface area contributed by atoms with Crippen molar-refractivity contribution in [2.24, 2.45) is 0 Å². The van der Waals surface area contributed by atoms with Crippen LogP contribution in [0.5, 0.6) is 0 Å². The van der Waals surface area contributed by atoms with Crippen molar-refractivity contribution in [1.29, 1.82) is 0 Å². The molecule has 0 N–H and O–H groups in total. The number of halogens is 1. The highest BCUT2D eigenvalue weighted by Crippen LogP contribution is 2.36. The number of nitrogens with zero attached hydrogens (tertiary/aromatic N) is 1. The summed E-state index contributed by atoms with van der Waals surface area (Å²) in [5.74, 6) is -1.19.